The minimum absolute atomic E-state index is 0.00854. The van der Waals surface area contributed by atoms with Gasteiger partial charge in [-0.15, -0.1) is 0 Å². The van der Waals surface area contributed by atoms with Crippen LogP contribution in [-0.4, -0.2) is 61.4 Å². The molecule has 2 aromatic carbocycles. The number of nitrogens with one attached hydrogen (secondary N) is 1. The van der Waals surface area contributed by atoms with Gasteiger partial charge in [0.25, 0.3) is 5.91 Å². The summed E-state index contributed by atoms with van der Waals surface area (Å²) in [5.41, 5.74) is 3.66. The maximum atomic E-state index is 13.2. The summed E-state index contributed by atoms with van der Waals surface area (Å²) >= 11 is 0. The Balaban J connectivity index is 1.44. The predicted octanol–water partition coefficient (Wildman–Crippen LogP) is 2.14. The molecule has 1 unspecified atom stereocenters. The molecule has 0 saturated heterocycles. The van der Waals surface area contributed by atoms with Gasteiger partial charge in [-0.3, -0.25) is 14.4 Å². The number of likely N-dealkylation sites (N-methyl/N-ethyl adjacent to an activating group) is 1. The maximum absolute atomic E-state index is 13.2. The molecule has 1 N–H and O–H groups in total. The van der Waals surface area contributed by atoms with Crippen LogP contribution in [0.4, 0.5) is 0 Å². The van der Waals surface area contributed by atoms with E-state index in [-0.39, 0.29) is 24.1 Å². The van der Waals surface area contributed by atoms with Crippen LogP contribution in [0.5, 0.6) is 11.5 Å². The number of carbonyl (C=O) groups excluding carboxylic acids is 3. The van der Waals surface area contributed by atoms with Gasteiger partial charge in [0.1, 0.15) is 6.04 Å². The first-order chi connectivity index (χ1) is 16.0. The van der Waals surface area contributed by atoms with E-state index in [1.165, 1.54) is 0 Å². The zero-order valence-electron chi connectivity index (χ0n) is 19.2. The Bertz CT molecular complexity index is 1080. The van der Waals surface area contributed by atoms with E-state index in [4.69, 9.17) is 9.47 Å². The average Bonchev–Trinajstić information content (AvgIpc) is 3.17. The van der Waals surface area contributed by atoms with Crippen molar-refractivity contribution >= 4 is 17.7 Å². The summed E-state index contributed by atoms with van der Waals surface area (Å²) in [5, 5.41) is 2.68. The van der Waals surface area contributed by atoms with Crippen molar-refractivity contribution in [1.82, 2.24) is 15.1 Å². The van der Waals surface area contributed by atoms with Gasteiger partial charge in [0.2, 0.25) is 11.8 Å². The number of hydrogen-bond acceptors (Lipinski definition) is 5. The molecule has 1 atom stereocenters. The van der Waals surface area contributed by atoms with Crippen LogP contribution in [0.3, 0.4) is 0 Å². The van der Waals surface area contributed by atoms with Gasteiger partial charge < -0.3 is 24.6 Å². The molecule has 0 spiro atoms. The van der Waals surface area contributed by atoms with E-state index in [1.54, 1.807) is 31.1 Å². The molecule has 0 bridgehead atoms. The number of ether oxygens (including phenoxy) is 2. The highest BCUT2D eigenvalue weighted by molar-refractivity contribution is 5.98. The monoisotopic (exact) mass is 451 g/mol. The Kier molecular flexibility index (Phi) is 6.53. The lowest BCUT2D eigenvalue weighted by molar-refractivity contribution is -0.141. The van der Waals surface area contributed by atoms with Crippen molar-refractivity contribution in [3.8, 4) is 11.5 Å². The average molecular weight is 452 g/mol. The second-order valence-corrected chi connectivity index (χ2v) is 8.32. The lowest BCUT2D eigenvalue weighted by Crippen LogP contribution is -2.52. The van der Waals surface area contributed by atoms with Crippen LogP contribution in [0, 0.1) is 0 Å². The van der Waals surface area contributed by atoms with E-state index in [2.05, 4.69) is 5.32 Å². The molecular formula is C25H29N3O5. The molecular weight excluding hydrogens is 422 g/mol. The molecule has 0 saturated carbocycles. The topological polar surface area (TPSA) is 88.2 Å². The smallest absolute Gasteiger partial charge is 0.254 e. The summed E-state index contributed by atoms with van der Waals surface area (Å²) in [6.45, 7) is 1.39. The fourth-order valence-corrected chi connectivity index (χ4v) is 4.64. The van der Waals surface area contributed by atoms with E-state index >= 15 is 0 Å². The zero-order valence-corrected chi connectivity index (χ0v) is 19.2. The number of carbonyl (C=O) groups is 3. The number of amides is 3. The lowest BCUT2D eigenvalue weighted by Gasteiger charge is -2.36. The van der Waals surface area contributed by atoms with Crippen molar-refractivity contribution in [2.24, 2.45) is 0 Å². The normalized spacial score (nSPS) is 16.8. The molecule has 2 aliphatic heterocycles. The minimum atomic E-state index is -0.592. The molecule has 174 valence electrons. The van der Waals surface area contributed by atoms with Crippen LogP contribution >= 0.6 is 0 Å². The van der Waals surface area contributed by atoms with Crippen molar-refractivity contribution in [3.05, 3.63) is 58.7 Å². The molecule has 0 aliphatic carbocycles. The quantitative estimate of drug-likeness (QED) is 0.697. The highest BCUT2D eigenvalue weighted by Gasteiger charge is 2.35. The third kappa shape index (κ3) is 4.37. The van der Waals surface area contributed by atoms with Crippen LogP contribution in [0.1, 0.15) is 39.9 Å². The molecule has 8 nitrogen and oxygen atoms in total. The molecule has 33 heavy (non-hydrogen) atoms. The highest BCUT2D eigenvalue weighted by atomic mass is 16.5. The fraction of sp³-hybridized carbons (Fsp3) is 0.400. The summed E-state index contributed by atoms with van der Waals surface area (Å²) < 4.78 is 10.8. The van der Waals surface area contributed by atoms with Gasteiger partial charge >= 0.3 is 0 Å². The Morgan fingerprint density at radius 1 is 1.03 bits per heavy atom. The van der Waals surface area contributed by atoms with Gasteiger partial charge in [-0.2, -0.15) is 0 Å². The first-order valence-electron chi connectivity index (χ1n) is 11.1. The van der Waals surface area contributed by atoms with Crippen molar-refractivity contribution in [1.29, 1.82) is 0 Å². The number of methoxy groups -OCH3 is 2. The van der Waals surface area contributed by atoms with Crippen LogP contribution in [0.15, 0.2) is 36.4 Å². The van der Waals surface area contributed by atoms with E-state index < -0.39 is 6.04 Å². The van der Waals surface area contributed by atoms with Gasteiger partial charge in [-0.1, -0.05) is 18.2 Å². The van der Waals surface area contributed by atoms with Gasteiger partial charge in [0.15, 0.2) is 11.5 Å². The van der Waals surface area contributed by atoms with Crippen molar-refractivity contribution in [3.63, 3.8) is 0 Å². The zero-order chi connectivity index (χ0) is 23.5. The number of fused-ring (bicyclic) bond motifs is 2. The summed E-state index contributed by atoms with van der Waals surface area (Å²) in [5.74, 6) is 0.897. The Morgan fingerprint density at radius 2 is 1.73 bits per heavy atom. The fourth-order valence-electron chi connectivity index (χ4n) is 4.64. The van der Waals surface area contributed by atoms with E-state index in [1.807, 2.05) is 36.4 Å². The molecule has 4 rings (SSSR count). The second-order valence-electron chi connectivity index (χ2n) is 8.32. The van der Waals surface area contributed by atoms with Gasteiger partial charge in [-0.05, 0) is 41.3 Å². The highest BCUT2D eigenvalue weighted by Crippen LogP contribution is 2.35. The Labute approximate surface area is 193 Å². The van der Waals surface area contributed by atoms with Crippen LogP contribution < -0.4 is 14.8 Å². The van der Waals surface area contributed by atoms with E-state index in [9.17, 15) is 14.4 Å². The molecule has 8 heteroatoms. The number of benzene rings is 2. The SMILES string of the molecule is CNC(=O)C1Cc2cc(OC)c(OC)cc2CN1C(=O)CCCN1Cc2ccccc2C1=O. The summed E-state index contributed by atoms with van der Waals surface area (Å²) in [4.78, 5) is 41.8. The predicted molar refractivity (Wildman–Crippen MR) is 122 cm³/mol. The van der Waals surface area contributed by atoms with E-state index in [0.29, 0.717) is 44.0 Å². The minimum Gasteiger partial charge on any atom is -0.493 e. The number of rotatable bonds is 7. The van der Waals surface area contributed by atoms with Crippen molar-refractivity contribution in [2.45, 2.75) is 38.4 Å². The second kappa shape index (κ2) is 9.52. The van der Waals surface area contributed by atoms with Crippen LogP contribution in [0.2, 0.25) is 0 Å². The molecule has 0 aromatic heterocycles. The first-order valence-corrected chi connectivity index (χ1v) is 11.1. The van der Waals surface area contributed by atoms with Gasteiger partial charge in [-0.25, -0.2) is 0 Å². The Hall–Kier alpha value is -3.55. The van der Waals surface area contributed by atoms with Crippen LogP contribution in [-0.2, 0) is 29.1 Å². The lowest BCUT2D eigenvalue weighted by atomic mass is 9.92. The standard InChI is InChI=1S/C25H29N3O5/c1-26-24(30)20-11-17-12-21(32-2)22(33-3)13-18(17)15-28(20)23(29)9-6-10-27-14-16-7-4-5-8-19(16)25(27)31/h4-5,7-8,12-13,20H,6,9-11,14-15H2,1-3H3,(H,26,30). The summed E-state index contributed by atoms with van der Waals surface area (Å²) in [6, 6.07) is 10.7. The summed E-state index contributed by atoms with van der Waals surface area (Å²) in [7, 11) is 4.72. The largest absolute Gasteiger partial charge is 0.493 e. The summed E-state index contributed by atoms with van der Waals surface area (Å²) in [6.07, 6.45) is 1.20. The molecule has 2 aromatic rings. The van der Waals surface area contributed by atoms with Gasteiger partial charge in [0.05, 0.1) is 14.2 Å². The first kappa shape index (κ1) is 22.6. The molecule has 2 aliphatic rings. The maximum Gasteiger partial charge on any atom is 0.254 e. The van der Waals surface area contributed by atoms with E-state index in [0.717, 1.165) is 22.3 Å². The van der Waals surface area contributed by atoms with Crippen molar-refractivity contribution in [2.75, 3.05) is 27.8 Å². The molecule has 0 radical (unpaired) electrons. The Morgan fingerprint density at radius 3 is 2.39 bits per heavy atom. The van der Waals surface area contributed by atoms with Crippen LogP contribution in [0.25, 0.3) is 0 Å². The third-order valence-electron chi connectivity index (χ3n) is 6.42. The third-order valence-corrected chi connectivity index (χ3v) is 6.42. The molecule has 0 fully saturated rings. The number of hydrogen-bond donors (Lipinski definition) is 1. The van der Waals surface area contributed by atoms with Gasteiger partial charge in [0, 0.05) is 45.1 Å². The number of nitrogens with zero attached hydrogens (tertiary/aromatic N) is 2. The molecule has 3 amide bonds. The molecule has 2 heterocycles. The van der Waals surface area contributed by atoms with Crippen molar-refractivity contribution < 1.29 is 23.9 Å².